The van der Waals surface area contributed by atoms with Crippen LogP contribution in [-0.4, -0.2) is 52.8 Å². The summed E-state index contributed by atoms with van der Waals surface area (Å²) in [5.41, 5.74) is 3.43. The van der Waals surface area contributed by atoms with Crippen molar-refractivity contribution in [3.63, 3.8) is 0 Å². The van der Waals surface area contributed by atoms with Crippen LogP contribution in [0.3, 0.4) is 0 Å². The first kappa shape index (κ1) is 27.6. The van der Waals surface area contributed by atoms with E-state index in [1.54, 1.807) is 25.1 Å². The summed E-state index contributed by atoms with van der Waals surface area (Å²) in [7, 11) is 1.54. The van der Waals surface area contributed by atoms with E-state index in [0.717, 1.165) is 11.1 Å². The molecule has 0 bridgehead atoms. The Bertz CT molecular complexity index is 941. The molecule has 0 aliphatic heterocycles. The van der Waals surface area contributed by atoms with Crippen LogP contribution >= 0.6 is 0 Å². The summed E-state index contributed by atoms with van der Waals surface area (Å²) < 4.78 is 6.17. The van der Waals surface area contributed by atoms with Gasteiger partial charge >= 0.3 is 0 Å². The van der Waals surface area contributed by atoms with E-state index in [1.165, 1.54) is 0 Å². The van der Waals surface area contributed by atoms with Gasteiger partial charge in [-0.2, -0.15) is 0 Å². The molecule has 1 aromatic carbocycles. The molecule has 2 amide bonds. The predicted molar refractivity (Wildman–Crippen MR) is 127 cm³/mol. The smallest absolute Gasteiger partial charge is 0.242 e. The summed E-state index contributed by atoms with van der Waals surface area (Å²) in [6.07, 6.45) is 3.02. The van der Waals surface area contributed by atoms with Gasteiger partial charge in [-0.1, -0.05) is 52.4 Å². The second-order valence-electron chi connectivity index (χ2n) is 9.75. The van der Waals surface area contributed by atoms with E-state index in [0.29, 0.717) is 11.9 Å². The molecule has 10 nitrogen and oxygen atoms in total. The third kappa shape index (κ3) is 7.69. The van der Waals surface area contributed by atoms with E-state index in [4.69, 9.17) is 14.8 Å². The topological polar surface area (TPSA) is 135 Å². The van der Waals surface area contributed by atoms with Crippen LogP contribution in [0.15, 0.2) is 30.6 Å². The van der Waals surface area contributed by atoms with Crippen LogP contribution in [0.4, 0.5) is 0 Å². The largest absolute Gasteiger partial charge is 0.370 e. The zero-order chi connectivity index (χ0) is 25.3. The number of hydrogen-bond donors (Lipinski definition) is 4. The fourth-order valence-corrected chi connectivity index (χ4v) is 3.77. The Kier molecular flexibility index (Phi) is 10.3. The molecule has 10 heteroatoms. The fourth-order valence-electron chi connectivity index (χ4n) is 3.77. The molecule has 3 atom stereocenters. The average molecular weight is 476 g/mol. The van der Waals surface area contributed by atoms with Crippen molar-refractivity contribution in [3.05, 3.63) is 36.2 Å². The molecular weight excluding hydrogens is 438 g/mol. The lowest BCUT2D eigenvalue weighted by Gasteiger charge is -2.33. The molecule has 0 aliphatic rings. The maximum atomic E-state index is 13.5. The lowest BCUT2D eigenvalue weighted by atomic mass is 9.84. The highest BCUT2D eigenvalue weighted by Gasteiger charge is 2.37. The first-order valence-corrected chi connectivity index (χ1v) is 11.4. The van der Waals surface area contributed by atoms with E-state index < -0.39 is 23.5 Å². The predicted octanol–water partition coefficient (Wildman–Crippen LogP) is 2.36. The van der Waals surface area contributed by atoms with Crippen LogP contribution in [0, 0.1) is 17.3 Å². The minimum Gasteiger partial charge on any atom is -0.370 e. The highest BCUT2D eigenvalue weighted by atomic mass is 16.8. The molecular formula is C24H37N5O5. The minimum atomic E-state index is -0.731. The van der Waals surface area contributed by atoms with E-state index in [2.05, 4.69) is 20.6 Å². The van der Waals surface area contributed by atoms with Gasteiger partial charge in [0, 0.05) is 25.0 Å². The molecule has 0 fully saturated rings. The first-order chi connectivity index (χ1) is 16.1. The minimum absolute atomic E-state index is 0.0854. The maximum Gasteiger partial charge on any atom is 0.242 e. The molecule has 34 heavy (non-hydrogen) atoms. The van der Waals surface area contributed by atoms with Crippen LogP contribution in [-0.2, 0) is 25.8 Å². The molecule has 0 aliphatic carbocycles. The van der Waals surface area contributed by atoms with Crippen molar-refractivity contribution in [2.75, 3.05) is 13.7 Å². The first-order valence-electron chi connectivity index (χ1n) is 11.4. The van der Waals surface area contributed by atoms with Crippen molar-refractivity contribution in [2.45, 2.75) is 59.8 Å². The van der Waals surface area contributed by atoms with Crippen molar-refractivity contribution < 1.29 is 24.4 Å². The second kappa shape index (κ2) is 12.7. The number of para-hydroxylation sites is 1. The summed E-state index contributed by atoms with van der Waals surface area (Å²) in [4.78, 5) is 39.7. The molecule has 1 aromatic heterocycles. The standard InChI is InChI=1S/C24H37N5O5/c1-15(2)12-17(22(30)28-21(23(31)25-6)24(3,4)5)19(14-34-29-32)33-13-16-8-7-9-18-20(16)27-11-10-26-18/h7-11,15,17,19,21,29,32H,12-14H2,1-6H3,(H,25,31)(H,28,30)/t17-,19?,21-/m1/s1. The number of ether oxygens (including phenoxy) is 1. The Labute approximate surface area is 200 Å². The van der Waals surface area contributed by atoms with Crippen molar-refractivity contribution in [2.24, 2.45) is 17.3 Å². The number of amides is 2. The number of fused-ring (bicyclic) bond motifs is 1. The molecule has 0 spiro atoms. The highest BCUT2D eigenvalue weighted by molar-refractivity contribution is 5.89. The van der Waals surface area contributed by atoms with Gasteiger partial charge in [0.25, 0.3) is 0 Å². The zero-order valence-electron chi connectivity index (χ0n) is 20.8. The lowest BCUT2D eigenvalue weighted by Crippen LogP contribution is -2.55. The highest BCUT2D eigenvalue weighted by Crippen LogP contribution is 2.25. The van der Waals surface area contributed by atoms with Gasteiger partial charge in [0.15, 0.2) is 0 Å². The van der Waals surface area contributed by atoms with E-state index in [9.17, 15) is 9.59 Å². The number of carbonyl (C=O) groups excluding carboxylic acids is 2. The van der Waals surface area contributed by atoms with Gasteiger partial charge in [-0.15, -0.1) is 0 Å². The molecule has 4 N–H and O–H groups in total. The summed E-state index contributed by atoms with van der Waals surface area (Å²) in [6, 6.07) is 4.89. The third-order valence-corrected chi connectivity index (χ3v) is 5.52. The summed E-state index contributed by atoms with van der Waals surface area (Å²) in [5, 5.41) is 14.5. The van der Waals surface area contributed by atoms with Gasteiger partial charge in [0.2, 0.25) is 11.8 Å². The van der Waals surface area contributed by atoms with Crippen LogP contribution in [0.5, 0.6) is 0 Å². The van der Waals surface area contributed by atoms with Crippen molar-refractivity contribution in [3.8, 4) is 0 Å². The Morgan fingerprint density at radius 1 is 1.12 bits per heavy atom. The molecule has 0 radical (unpaired) electrons. The molecule has 188 valence electrons. The average Bonchev–Trinajstić information content (AvgIpc) is 2.79. The van der Waals surface area contributed by atoms with Gasteiger partial charge in [-0.05, 0) is 23.8 Å². The van der Waals surface area contributed by atoms with Gasteiger partial charge < -0.3 is 15.4 Å². The quantitative estimate of drug-likeness (QED) is 0.344. The lowest BCUT2D eigenvalue weighted by molar-refractivity contribution is -0.170. The SMILES string of the molecule is CNC(=O)[C@@H](NC(=O)[C@H](CC(C)C)C(CONO)OCc1cccc2nccnc12)C(C)(C)C. The van der Waals surface area contributed by atoms with Crippen molar-refractivity contribution in [1.82, 2.24) is 26.2 Å². The maximum absolute atomic E-state index is 13.5. The Morgan fingerprint density at radius 2 is 1.82 bits per heavy atom. The number of likely N-dealkylation sites (N-methyl/N-ethyl adjacent to an activating group) is 1. The Morgan fingerprint density at radius 3 is 2.44 bits per heavy atom. The fraction of sp³-hybridized carbons (Fsp3) is 0.583. The molecule has 2 aromatic rings. The second-order valence-corrected chi connectivity index (χ2v) is 9.75. The number of rotatable bonds is 12. The van der Waals surface area contributed by atoms with Gasteiger partial charge in [0.05, 0.1) is 36.3 Å². The summed E-state index contributed by atoms with van der Waals surface area (Å²) in [6.45, 7) is 9.75. The van der Waals surface area contributed by atoms with E-state index in [1.807, 2.05) is 52.8 Å². The molecule has 1 unspecified atom stereocenters. The van der Waals surface area contributed by atoms with Gasteiger partial charge in [-0.3, -0.25) is 29.6 Å². The van der Waals surface area contributed by atoms with E-state index >= 15 is 0 Å². The number of nitrogens with one attached hydrogen (secondary N) is 3. The van der Waals surface area contributed by atoms with Crippen molar-refractivity contribution in [1.29, 1.82) is 0 Å². The van der Waals surface area contributed by atoms with Crippen molar-refractivity contribution >= 4 is 22.8 Å². The van der Waals surface area contributed by atoms with Gasteiger partial charge in [-0.25, -0.2) is 0 Å². The van der Waals surface area contributed by atoms with Crippen LogP contribution < -0.4 is 16.3 Å². The molecule has 1 heterocycles. The van der Waals surface area contributed by atoms with Crippen LogP contribution in [0.1, 0.15) is 46.6 Å². The monoisotopic (exact) mass is 475 g/mol. The number of carbonyl (C=O) groups is 2. The summed E-state index contributed by atoms with van der Waals surface area (Å²) in [5.74, 6) is -1.06. The molecule has 0 saturated carbocycles. The number of benzene rings is 1. The third-order valence-electron chi connectivity index (χ3n) is 5.52. The van der Waals surface area contributed by atoms with Crippen LogP contribution in [0.2, 0.25) is 0 Å². The molecule has 2 rings (SSSR count). The van der Waals surface area contributed by atoms with E-state index in [-0.39, 0.29) is 30.9 Å². The number of aromatic nitrogens is 2. The normalized spacial score (nSPS) is 14.6. The van der Waals surface area contributed by atoms with Crippen LogP contribution in [0.25, 0.3) is 11.0 Å². The van der Waals surface area contributed by atoms with Gasteiger partial charge in [0.1, 0.15) is 6.04 Å². The summed E-state index contributed by atoms with van der Waals surface area (Å²) >= 11 is 0. The Balaban J connectivity index is 2.29. The molecule has 0 saturated heterocycles. The number of hydrogen-bond acceptors (Lipinski definition) is 8. The number of nitrogens with zero attached hydrogens (tertiary/aromatic N) is 2. The Hall–Kier alpha value is -2.66. The zero-order valence-corrected chi connectivity index (χ0v) is 20.8.